The number of carbonyl (C=O) groups is 1. The Morgan fingerprint density at radius 1 is 0.980 bits per heavy atom. The van der Waals surface area contributed by atoms with Crippen LogP contribution in [0.25, 0.3) is 0 Å². The Hall–Kier alpha value is -1.91. The summed E-state index contributed by atoms with van der Waals surface area (Å²) in [5, 5.41) is 0. The van der Waals surface area contributed by atoms with E-state index < -0.39 is 38.9 Å². The van der Waals surface area contributed by atoms with Crippen LogP contribution < -0.4 is 4.72 Å². The number of esters is 1. The topological polar surface area (TPSA) is 81.7 Å². The van der Waals surface area contributed by atoms with E-state index in [1.165, 1.54) is 69.7 Å². The summed E-state index contributed by atoms with van der Waals surface area (Å²) in [5.41, 5.74) is -1.94. The molecule has 3 saturated carbocycles. The Morgan fingerprint density at radius 3 is 2.31 bits per heavy atom. The van der Waals surface area contributed by atoms with E-state index in [2.05, 4.69) is 34.6 Å². The molecule has 0 aliphatic heterocycles. The van der Waals surface area contributed by atoms with E-state index in [1.807, 2.05) is 0 Å². The van der Waals surface area contributed by atoms with Gasteiger partial charge in [-0.1, -0.05) is 83.2 Å². The van der Waals surface area contributed by atoms with E-state index in [0.29, 0.717) is 35.5 Å². The molecule has 0 heterocycles. The van der Waals surface area contributed by atoms with Crippen LogP contribution in [-0.4, -0.2) is 39.0 Å². The van der Waals surface area contributed by atoms with Crippen LogP contribution in [0.15, 0.2) is 40.8 Å². The Balaban J connectivity index is 1.38. The number of rotatable bonds is 12. The minimum atomic E-state index is -5.44. The summed E-state index contributed by atoms with van der Waals surface area (Å²) >= 11 is 0. The minimum Gasteiger partial charge on any atom is -0.463 e. The molecule has 5 rings (SSSR count). The van der Waals surface area contributed by atoms with Crippen LogP contribution >= 0.6 is 0 Å². The second-order valence-corrected chi connectivity index (χ2v) is 18.3. The fourth-order valence-electron chi connectivity index (χ4n) is 10.6. The van der Waals surface area contributed by atoms with Crippen molar-refractivity contribution in [1.29, 1.82) is 0 Å². The number of alkyl halides is 3. The zero-order chi connectivity index (χ0) is 36.0. The summed E-state index contributed by atoms with van der Waals surface area (Å²) < 4.78 is 83.9. The van der Waals surface area contributed by atoms with Crippen molar-refractivity contribution in [3.05, 3.63) is 41.5 Å². The van der Waals surface area contributed by atoms with Gasteiger partial charge in [-0.25, -0.2) is 13.2 Å². The van der Waals surface area contributed by atoms with Crippen molar-refractivity contribution in [3.63, 3.8) is 0 Å². The Bertz CT molecular complexity index is 1480. The molecular formula is C39H58F3NO5S. The number of allylic oxidation sites excluding steroid dienone is 1. The lowest BCUT2D eigenvalue weighted by Crippen LogP contribution is -2.67. The van der Waals surface area contributed by atoms with Crippen LogP contribution in [0.4, 0.5) is 13.2 Å². The van der Waals surface area contributed by atoms with Gasteiger partial charge in [0.2, 0.25) is 10.0 Å². The van der Waals surface area contributed by atoms with Gasteiger partial charge < -0.3 is 9.47 Å². The highest BCUT2D eigenvalue weighted by Crippen LogP contribution is 2.68. The third-order valence-electron chi connectivity index (χ3n) is 13.2. The average molecular weight is 710 g/mol. The van der Waals surface area contributed by atoms with Gasteiger partial charge in [0.1, 0.15) is 0 Å². The van der Waals surface area contributed by atoms with Gasteiger partial charge >= 0.3 is 17.9 Å². The van der Waals surface area contributed by atoms with Crippen LogP contribution in [0.1, 0.15) is 118 Å². The van der Waals surface area contributed by atoms with Crippen molar-refractivity contribution in [1.82, 2.24) is 4.72 Å². The summed E-state index contributed by atoms with van der Waals surface area (Å²) in [6.07, 6.45) is 6.52. The monoisotopic (exact) mass is 709 g/mol. The summed E-state index contributed by atoms with van der Waals surface area (Å²) in [6.45, 7) is 14.6. The molecule has 1 N–H and O–H groups in total. The summed E-state index contributed by atoms with van der Waals surface area (Å²) in [5.74, 6) is 2.05. The SMILES string of the molecule is CCOC(=O)[C@](NS(=O)(=O)c1ccc(C)cc1)(O[C@@H]1C=C2CC[C@H]3[C@H]4CC[C@H]([C@H](C)CCCC(C)C)[C@@]4(C)CC[C@@H]3[C@@]2(C)CC1)C(F)(F)F. The standard InChI is InChI=1S/C39H58F3NO5S/c1-8-47-35(44)38(39(40,41)42,43-49(45,46)30-15-12-26(4)13-16-30)48-29-20-22-36(6)28(24-29)14-17-31-33-19-18-32(27(5)11-9-10-25(2)3)37(33,7)23-21-34(31)36/h12-13,15-16,24-25,27,29,31-34,43H,8-11,14,17-23H2,1-7H3/t27-,29+,31+,32-,33-,34+,36+,37-,38+/m1/s1. The number of benzene rings is 1. The van der Waals surface area contributed by atoms with Crippen molar-refractivity contribution < 1.29 is 35.9 Å². The molecule has 0 unspecified atom stereocenters. The third-order valence-corrected chi connectivity index (χ3v) is 14.6. The number of hydrogen-bond acceptors (Lipinski definition) is 5. The molecule has 10 heteroatoms. The number of carbonyl (C=O) groups excluding carboxylic acids is 1. The molecule has 0 radical (unpaired) electrons. The van der Waals surface area contributed by atoms with Crippen LogP contribution in [0.3, 0.4) is 0 Å². The number of hydrogen-bond donors (Lipinski definition) is 1. The van der Waals surface area contributed by atoms with Gasteiger partial charge in [-0.2, -0.15) is 17.9 Å². The lowest BCUT2D eigenvalue weighted by Gasteiger charge is -2.59. The Labute approximate surface area is 292 Å². The average Bonchev–Trinajstić information content (AvgIpc) is 3.37. The van der Waals surface area contributed by atoms with E-state index in [4.69, 9.17) is 9.47 Å². The molecule has 49 heavy (non-hydrogen) atoms. The predicted molar refractivity (Wildman–Crippen MR) is 185 cm³/mol. The van der Waals surface area contributed by atoms with Gasteiger partial charge in [-0.15, -0.1) is 0 Å². The number of fused-ring (bicyclic) bond motifs is 5. The molecule has 3 fully saturated rings. The molecule has 0 aromatic heterocycles. The Morgan fingerprint density at radius 2 is 1.67 bits per heavy atom. The van der Waals surface area contributed by atoms with E-state index >= 15 is 13.2 Å². The fourth-order valence-corrected chi connectivity index (χ4v) is 11.8. The summed E-state index contributed by atoms with van der Waals surface area (Å²) in [6, 6.07) is 5.36. The van der Waals surface area contributed by atoms with E-state index in [0.717, 1.165) is 42.2 Å². The van der Waals surface area contributed by atoms with Crippen molar-refractivity contribution in [2.24, 2.45) is 46.3 Å². The van der Waals surface area contributed by atoms with Gasteiger partial charge in [0, 0.05) is 0 Å². The van der Waals surface area contributed by atoms with Gasteiger partial charge in [0.15, 0.2) is 0 Å². The van der Waals surface area contributed by atoms with Crippen molar-refractivity contribution in [2.75, 3.05) is 6.61 Å². The maximum absolute atomic E-state index is 15.0. The maximum Gasteiger partial charge on any atom is 0.443 e. The lowest BCUT2D eigenvalue weighted by atomic mass is 9.46. The molecule has 0 spiro atoms. The first-order chi connectivity index (χ1) is 22.9. The van der Waals surface area contributed by atoms with E-state index in [9.17, 15) is 13.2 Å². The highest BCUT2D eigenvalue weighted by molar-refractivity contribution is 7.89. The van der Waals surface area contributed by atoms with Crippen LogP contribution in [0, 0.1) is 53.3 Å². The zero-order valence-corrected chi connectivity index (χ0v) is 31.3. The first-order valence-electron chi connectivity index (χ1n) is 18.6. The molecule has 276 valence electrons. The number of aryl methyl sites for hydroxylation is 1. The maximum atomic E-state index is 15.0. The van der Waals surface area contributed by atoms with E-state index in [-0.39, 0.29) is 18.4 Å². The molecular weight excluding hydrogens is 651 g/mol. The number of sulfonamides is 1. The van der Waals surface area contributed by atoms with Crippen LogP contribution in [0.5, 0.6) is 0 Å². The minimum absolute atomic E-state index is 0.169. The molecule has 1 aromatic carbocycles. The highest BCUT2D eigenvalue weighted by atomic mass is 32.2. The summed E-state index contributed by atoms with van der Waals surface area (Å²) in [7, 11) is -4.83. The van der Waals surface area contributed by atoms with Crippen molar-refractivity contribution in [3.8, 4) is 0 Å². The number of nitrogens with one attached hydrogen (secondary N) is 1. The third kappa shape index (κ3) is 7.26. The molecule has 4 aliphatic rings. The molecule has 6 nitrogen and oxygen atoms in total. The van der Waals surface area contributed by atoms with Crippen molar-refractivity contribution in [2.45, 2.75) is 142 Å². The second kappa shape index (κ2) is 14.3. The number of halogens is 3. The summed E-state index contributed by atoms with van der Waals surface area (Å²) in [4.78, 5) is 12.8. The lowest BCUT2D eigenvalue weighted by molar-refractivity contribution is -0.290. The largest absolute Gasteiger partial charge is 0.463 e. The van der Waals surface area contributed by atoms with Crippen LogP contribution in [0.2, 0.25) is 0 Å². The van der Waals surface area contributed by atoms with Crippen LogP contribution in [-0.2, 0) is 24.3 Å². The molecule has 4 aliphatic carbocycles. The molecule has 9 atom stereocenters. The molecule has 0 bridgehead atoms. The Kier molecular flexibility index (Phi) is 11.1. The first kappa shape index (κ1) is 38.3. The highest BCUT2D eigenvalue weighted by Gasteiger charge is 2.67. The fraction of sp³-hybridized carbons (Fsp3) is 0.769. The van der Waals surface area contributed by atoms with Crippen molar-refractivity contribution >= 4 is 16.0 Å². The zero-order valence-electron chi connectivity index (χ0n) is 30.5. The normalized spacial score (nSPS) is 33.5. The van der Waals surface area contributed by atoms with Gasteiger partial charge in [0.05, 0.1) is 17.6 Å². The molecule has 0 amide bonds. The van der Waals surface area contributed by atoms with E-state index in [1.54, 1.807) is 17.7 Å². The van der Waals surface area contributed by atoms with Gasteiger partial charge in [-0.05, 0) is 124 Å². The molecule has 0 saturated heterocycles. The molecule has 1 aromatic rings. The number of ether oxygens (including phenoxy) is 2. The second-order valence-electron chi connectivity index (χ2n) is 16.6. The predicted octanol–water partition coefficient (Wildman–Crippen LogP) is 9.52. The first-order valence-corrected chi connectivity index (χ1v) is 20.1. The quantitative estimate of drug-likeness (QED) is 0.133. The van der Waals surface area contributed by atoms with Gasteiger partial charge in [0.25, 0.3) is 0 Å². The smallest absolute Gasteiger partial charge is 0.443 e. The van der Waals surface area contributed by atoms with Gasteiger partial charge in [-0.3, -0.25) is 0 Å².